The molecule has 0 unspecified atom stereocenters. The van der Waals surface area contributed by atoms with Crippen molar-refractivity contribution in [1.29, 1.82) is 0 Å². The fraction of sp³-hybridized carbons (Fsp3) is 0.222. The van der Waals surface area contributed by atoms with Gasteiger partial charge < -0.3 is 9.42 Å². The van der Waals surface area contributed by atoms with Gasteiger partial charge >= 0.3 is 0 Å². The number of aryl methyl sites for hydroxylation is 1. The molecule has 0 radical (unpaired) electrons. The fourth-order valence-electron chi connectivity index (χ4n) is 2.35. The summed E-state index contributed by atoms with van der Waals surface area (Å²) >= 11 is 0. The average molecular weight is 340 g/mol. The van der Waals surface area contributed by atoms with Gasteiger partial charge in [0.1, 0.15) is 5.82 Å². The predicted molar refractivity (Wildman–Crippen MR) is 88.7 cm³/mol. The van der Waals surface area contributed by atoms with E-state index in [1.807, 2.05) is 0 Å². The molecule has 0 spiro atoms. The Morgan fingerprint density at radius 1 is 1.20 bits per heavy atom. The average Bonchev–Trinajstić information content (AvgIpc) is 3.11. The third kappa shape index (κ3) is 4.26. The third-order valence-electron chi connectivity index (χ3n) is 3.75. The molecule has 0 N–H and O–H groups in total. The second kappa shape index (κ2) is 7.65. The SMILES string of the molecule is CN(Cc1ccccc1F)C(=O)CCc1nc(-c2ccncc2)no1. The first-order chi connectivity index (χ1) is 12.1. The van der Waals surface area contributed by atoms with E-state index in [1.54, 1.807) is 49.8 Å². The number of nitrogens with zero attached hydrogens (tertiary/aromatic N) is 4. The Morgan fingerprint density at radius 3 is 2.72 bits per heavy atom. The highest BCUT2D eigenvalue weighted by Crippen LogP contribution is 2.15. The van der Waals surface area contributed by atoms with E-state index in [-0.39, 0.29) is 24.7 Å². The molecule has 1 aromatic carbocycles. The normalized spacial score (nSPS) is 10.6. The highest BCUT2D eigenvalue weighted by atomic mass is 19.1. The molecule has 25 heavy (non-hydrogen) atoms. The monoisotopic (exact) mass is 340 g/mol. The van der Waals surface area contributed by atoms with Crippen LogP contribution in [-0.4, -0.2) is 33.0 Å². The van der Waals surface area contributed by atoms with E-state index >= 15 is 0 Å². The van der Waals surface area contributed by atoms with Gasteiger partial charge in [0.15, 0.2) is 0 Å². The molecule has 3 rings (SSSR count). The van der Waals surface area contributed by atoms with Gasteiger partial charge in [-0.2, -0.15) is 4.98 Å². The standard InChI is InChI=1S/C18H17FN4O2/c1-23(12-14-4-2-3-5-15(14)19)17(24)7-6-16-21-18(22-25-16)13-8-10-20-11-9-13/h2-5,8-11H,6-7,12H2,1H3. The maximum Gasteiger partial charge on any atom is 0.227 e. The first-order valence-corrected chi connectivity index (χ1v) is 7.84. The zero-order valence-electron chi connectivity index (χ0n) is 13.7. The molecule has 0 aliphatic heterocycles. The highest BCUT2D eigenvalue weighted by molar-refractivity contribution is 5.76. The van der Waals surface area contributed by atoms with Crippen molar-refractivity contribution in [2.24, 2.45) is 0 Å². The Labute approximate surface area is 144 Å². The minimum Gasteiger partial charge on any atom is -0.341 e. The number of hydrogen-bond acceptors (Lipinski definition) is 5. The predicted octanol–water partition coefficient (Wildman–Crippen LogP) is 2.86. The first kappa shape index (κ1) is 16.8. The zero-order chi connectivity index (χ0) is 17.6. The molecule has 6 nitrogen and oxygen atoms in total. The second-order valence-electron chi connectivity index (χ2n) is 5.59. The van der Waals surface area contributed by atoms with Gasteiger partial charge in [-0.1, -0.05) is 23.4 Å². The van der Waals surface area contributed by atoms with E-state index in [0.29, 0.717) is 23.7 Å². The molecule has 0 atom stereocenters. The van der Waals surface area contributed by atoms with Crippen molar-refractivity contribution in [2.45, 2.75) is 19.4 Å². The van der Waals surface area contributed by atoms with E-state index in [9.17, 15) is 9.18 Å². The summed E-state index contributed by atoms with van der Waals surface area (Å²) in [5.74, 6) is 0.414. The maximum absolute atomic E-state index is 13.7. The largest absolute Gasteiger partial charge is 0.341 e. The van der Waals surface area contributed by atoms with Gasteiger partial charge in [0.05, 0.1) is 0 Å². The topological polar surface area (TPSA) is 72.1 Å². The number of halogens is 1. The lowest BCUT2D eigenvalue weighted by Crippen LogP contribution is -2.26. The zero-order valence-corrected chi connectivity index (χ0v) is 13.7. The molecule has 0 fully saturated rings. The van der Waals surface area contributed by atoms with Gasteiger partial charge in [-0.25, -0.2) is 4.39 Å². The Morgan fingerprint density at radius 2 is 1.96 bits per heavy atom. The smallest absolute Gasteiger partial charge is 0.227 e. The van der Waals surface area contributed by atoms with Crippen molar-refractivity contribution in [3.8, 4) is 11.4 Å². The lowest BCUT2D eigenvalue weighted by Gasteiger charge is -2.17. The number of benzene rings is 1. The van der Waals surface area contributed by atoms with Gasteiger partial charge in [-0.15, -0.1) is 0 Å². The van der Waals surface area contributed by atoms with Crippen LogP contribution in [-0.2, 0) is 17.8 Å². The lowest BCUT2D eigenvalue weighted by molar-refractivity contribution is -0.130. The van der Waals surface area contributed by atoms with Gasteiger partial charge in [-0.3, -0.25) is 9.78 Å². The number of rotatable bonds is 6. The molecular formula is C18H17FN4O2. The van der Waals surface area contributed by atoms with E-state index in [4.69, 9.17) is 4.52 Å². The molecular weight excluding hydrogens is 323 g/mol. The maximum atomic E-state index is 13.7. The highest BCUT2D eigenvalue weighted by Gasteiger charge is 2.14. The number of carbonyl (C=O) groups is 1. The van der Waals surface area contributed by atoms with Gasteiger partial charge in [0.25, 0.3) is 0 Å². The summed E-state index contributed by atoms with van der Waals surface area (Å²) in [6, 6.07) is 9.97. The van der Waals surface area contributed by atoms with Crippen molar-refractivity contribution >= 4 is 5.91 Å². The minimum atomic E-state index is -0.318. The third-order valence-corrected chi connectivity index (χ3v) is 3.75. The number of amides is 1. The van der Waals surface area contributed by atoms with Crippen LogP contribution in [0.5, 0.6) is 0 Å². The van der Waals surface area contributed by atoms with Crippen LogP contribution < -0.4 is 0 Å². The Balaban J connectivity index is 1.55. The van der Waals surface area contributed by atoms with Crippen LogP contribution in [0.3, 0.4) is 0 Å². The fourth-order valence-corrected chi connectivity index (χ4v) is 2.35. The summed E-state index contributed by atoms with van der Waals surface area (Å²) < 4.78 is 18.8. The van der Waals surface area contributed by atoms with Crippen LogP contribution in [0.2, 0.25) is 0 Å². The molecule has 7 heteroatoms. The van der Waals surface area contributed by atoms with Crippen LogP contribution >= 0.6 is 0 Å². The molecule has 2 heterocycles. The van der Waals surface area contributed by atoms with Crippen LogP contribution in [0.25, 0.3) is 11.4 Å². The van der Waals surface area contributed by atoms with Crippen LogP contribution in [0.1, 0.15) is 17.9 Å². The summed E-state index contributed by atoms with van der Waals surface area (Å²) in [5.41, 5.74) is 1.28. The van der Waals surface area contributed by atoms with Crippen molar-refractivity contribution in [1.82, 2.24) is 20.0 Å². The van der Waals surface area contributed by atoms with Gasteiger partial charge in [-0.05, 0) is 18.2 Å². The summed E-state index contributed by atoms with van der Waals surface area (Å²) in [7, 11) is 1.64. The summed E-state index contributed by atoms with van der Waals surface area (Å²) in [5, 5.41) is 3.90. The van der Waals surface area contributed by atoms with Crippen molar-refractivity contribution in [3.05, 3.63) is 66.1 Å². The summed E-state index contributed by atoms with van der Waals surface area (Å²) in [6.45, 7) is 0.220. The van der Waals surface area contributed by atoms with Crippen LogP contribution in [0.4, 0.5) is 4.39 Å². The molecule has 0 aliphatic carbocycles. The Kier molecular flexibility index (Phi) is 5.13. The van der Waals surface area contributed by atoms with Crippen molar-refractivity contribution in [3.63, 3.8) is 0 Å². The molecule has 0 aliphatic rings. The van der Waals surface area contributed by atoms with E-state index in [2.05, 4.69) is 15.1 Å². The number of hydrogen-bond donors (Lipinski definition) is 0. The van der Waals surface area contributed by atoms with Crippen LogP contribution in [0, 0.1) is 5.82 Å². The molecule has 0 bridgehead atoms. The van der Waals surface area contributed by atoms with Crippen molar-refractivity contribution < 1.29 is 13.7 Å². The van der Waals surface area contributed by atoms with Crippen LogP contribution in [0.15, 0.2) is 53.3 Å². The quantitative estimate of drug-likeness (QED) is 0.690. The van der Waals surface area contributed by atoms with E-state index in [1.165, 1.54) is 11.0 Å². The first-order valence-electron chi connectivity index (χ1n) is 7.84. The molecule has 1 amide bonds. The van der Waals surface area contributed by atoms with E-state index in [0.717, 1.165) is 5.56 Å². The minimum absolute atomic E-state index is 0.119. The van der Waals surface area contributed by atoms with Gasteiger partial charge in [0.2, 0.25) is 17.6 Å². The number of pyridine rings is 1. The van der Waals surface area contributed by atoms with Gasteiger partial charge in [0, 0.05) is 50.0 Å². The Hall–Kier alpha value is -3.09. The molecule has 0 saturated carbocycles. The number of aromatic nitrogens is 3. The molecule has 0 saturated heterocycles. The summed E-state index contributed by atoms with van der Waals surface area (Å²) in [4.78, 5) is 21.9. The van der Waals surface area contributed by atoms with Crippen molar-refractivity contribution in [2.75, 3.05) is 7.05 Å². The lowest BCUT2D eigenvalue weighted by atomic mass is 10.2. The molecule has 3 aromatic rings. The Bertz CT molecular complexity index is 851. The molecule has 128 valence electrons. The summed E-state index contributed by atoms with van der Waals surface area (Å²) in [6.07, 6.45) is 3.83. The number of carbonyl (C=O) groups excluding carboxylic acids is 1. The second-order valence-corrected chi connectivity index (χ2v) is 5.59. The molecule has 2 aromatic heterocycles. The van der Waals surface area contributed by atoms with E-state index < -0.39 is 0 Å².